The Morgan fingerprint density at radius 2 is 1.66 bits per heavy atom. The first-order valence-corrected chi connectivity index (χ1v) is 20.3. The summed E-state index contributed by atoms with van der Waals surface area (Å²) < 4.78 is 52.7. The molecule has 1 saturated carbocycles. The van der Waals surface area contributed by atoms with Gasteiger partial charge in [0.25, 0.3) is 0 Å². The van der Waals surface area contributed by atoms with Crippen molar-refractivity contribution >= 4 is 47.8 Å². The number of fused-ring (bicyclic) bond motifs is 2. The number of carbonyl (C=O) groups excluding carboxylic acids is 3. The van der Waals surface area contributed by atoms with Crippen LogP contribution in [0.5, 0.6) is 5.75 Å². The first-order chi connectivity index (χ1) is 26.7. The van der Waals surface area contributed by atoms with Crippen LogP contribution < -0.4 is 15.3 Å². The summed E-state index contributed by atoms with van der Waals surface area (Å²) >= 11 is 0. The van der Waals surface area contributed by atoms with Crippen molar-refractivity contribution < 1.29 is 46.9 Å². The molecule has 6 atom stereocenters. The minimum Gasteiger partial charge on any atom is -0.461 e. The molecular formula is C39H47N6O10P. The Morgan fingerprint density at radius 3 is 2.38 bits per heavy atom. The number of ether oxygens (including phenoxy) is 4. The molecule has 2 aliphatic rings. The molecule has 2 aromatic carbocycles. The molecule has 298 valence electrons. The van der Waals surface area contributed by atoms with Crippen LogP contribution in [0.25, 0.3) is 16.3 Å². The molecule has 17 heteroatoms. The van der Waals surface area contributed by atoms with Crippen molar-refractivity contribution in [1.82, 2.24) is 19.7 Å². The summed E-state index contributed by atoms with van der Waals surface area (Å²) in [6.07, 6.45) is 0.861. The maximum Gasteiger partial charge on any atom is 0.459 e. The van der Waals surface area contributed by atoms with Gasteiger partial charge in [-0.3, -0.25) is 18.9 Å². The molecule has 0 bridgehead atoms. The van der Waals surface area contributed by atoms with Crippen LogP contribution in [-0.2, 0) is 48.0 Å². The molecule has 16 nitrogen and oxygen atoms in total. The van der Waals surface area contributed by atoms with Gasteiger partial charge in [0.1, 0.15) is 41.9 Å². The number of nitrogens with two attached hydrogens (primary N) is 1. The van der Waals surface area contributed by atoms with E-state index in [1.807, 2.05) is 18.2 Å². The summed E-state index contributed by atoms with van der Waals surface area (Å²) in [5, 5.41) is 19.4. The number of carbonyl (C=O) groups is 3. The van der Waals surface area contributed by atoms with E-state index in [9.17, 15) is 24.2 Å². The van der Waals surface area contributed by atoms with Crippen LogP contribution in [0.2, 0.25) is 0 Å². The van der Waals surface area contributed by atoms with Crippen molar-refractivity contribution in [3.63, 3.8) is 0 Å². The fraction of sp³-hybridized carbons (Fsp3) is 0.487. The molecule has 0 spiro atoms. The van der Waals surface area contributed by atoms with Gasteiger partial charge in [-0.2, -0.15) is 15.4 Å². The van der Waals surface area contributed by atoms with Crippen LogP contribution in [0.4, 0.5) is 5.82 Å². The minimum atomic E-state index is -4.56. The maximum absolute atomic E-state index is 14.9. The minimum absolute atomic E-state index is 0.0890. The molecule has 1 aliphatic heterocycles. The lowest BCUT2D eigenvalue weighted by molar-refractivity contribution is -0.173. The lowest BCUT2D eigenvalue weighted by Gasteiger charge is -2.29. The highest BCUT2D eigenvalue weighted by Gasteiger charge is 2.63. The number of nitrogen functional groups attached to an aromatic ring is 1. The average Bonchev–Trinajstić information content (AvgIpc) is 3.75. The van der Waals surface area contributed by atoms with Crippen molar-refractivity contribution in [2.75, 3.05) is 12.3 Å². The Balaban J connectivity index is 1.38. The van der Waals surface area contributed by atoms with E-state index in [4.69, 9.17) is 33.7 Å². The van der Waals surface area contributed by atoms with Crippen LogP contribution in [0.1, 0.15) is 72.4 Å². The summed E-state index contributed by atoms with van der Waals surface area (Å²) in [6.45, 7) is 7.28. The molecule has 4 aromatic rings. The molecule has 3 heterocycles. The second kappa shape index (κ2) is 17.0. The molecule has 1 aliphatic carbocycles. The second-order valence-corrected chi connectivity index (χ2v) is 16.3. The van der Waals surface area contributed by atoms with E-state index >= 15 is 0 Å². The van der Waals surface area contributed by atoms with Gasteiger partial charge < -0.3 is 29.2 Å². The van der Waals surface area contributed by atoms with Gasteiger partial charge in [-0.15, -0.1) is 0 Å². The molecule has 56 heavy (non-hydrogen) atoms. The van der Waals surface area contributed by atoms with E-state index in [2.05, 4.69) is 21.2 Å². The van der Waals surface area contributed by atoms with Crippen LogP contribution in [0, 0.1) is 23.2 Å². The van der Waals surface area contributed by atoms with E-state index in [1.54, 1.807) is 58.0 Å². The number of benzene rings is 2. The number of nitrogens with one attached hydrogen (secondary N) is 1. The van der Waals surface area contributed by atoms with E-state index in [0.29, 0.717) is 10.9 Å². The zero-order valence-electron chi connectivity index (χ0n) is 32.0. The first-order valence-electron chi connectivity index (χ1n) is 18.7. The lowest BCUT2D eigenvalue weighted by atomic mass is 9.92. The number of rotatable bonds is 14. The normalized spacial score (nSPS) is 23.1. The van der Waals surface area contributed by atoms with Crippen LogP contribution in [0.3, 0.4) is 0 Å². The number of nitriles is 1. The second-order valence-electron chi connectivity index (χ2n) is 14.6. The van der Waals surface area contributed by atoms with Gasteiger partial charge in [-0.05, 0) is 56.2 Å². The van der Waals surface area contributed by atoms with Gasteiger partial charge in [-0.25, -0.2) is 14.1 Å². The molecule has 1 unspecified atom stereocenters. The Hall–Kier alpha value is -5.07. The third-order valence-corrected chi connectivity index (χ3v) is 11.4. The van der Waals surface area contributed by atoms with Crippen molar-refractivity contribution in [2.24, 2.45) is 11.8 Å². The highest BCUT2D eigenvalue weighted by molar-refractivity contribution is 7.52. The van der Waals surface area contributed by atoms with E-state index in [1.165, 1.54) is 23.8 Å². The molecule has 3 N–H and O–H groups in total. The van der Waals surface area contributed by atoms with Crippen molar-refractivity contribution in [1.29, 1.82) is 5.26 Å². The standard InChI is InChI=1S/C39H47N6O10P/c1-23(2)36(46)52-33-31(54-39(21-40,34(33)53-37(47)24(3)4)32-19-18-29-35(41)42-22-43-45(29)32)20-50-56(49,44-25(5)38(48)51-27-14-7-6-8-15-27)55-30-17-11-13-26-12-9-10-16-28(26)30/h9-13,16-19,22-25,27,31,33-34H,6-8,14-15,20H2,1-5H3,(H,44,49)(H2,41,42,43)/t25-,31+,33+,34+,39-,56?/m0/s1. The predicted octanol–water partition coefficient (Wildman–Crippen LogP) is 5.78. The SMILES string of the molecule is CC(C)C(=O)O[C@H]1[C@@H](OC(=O)C(C)C)[C@](C#N)(c2ccc3c(N)ncnn23)O[C@@H]1COP(=O)(N[C@@H](C)C(=O)OC1CCCCC1)Oc1cccc2ccccc12. The fourth-order valence-electron chi connectivity index (χ4n) is 6.74. The van der Waals surface area contributed by atoms with Gasteiger partial charge in [0.2, 0.25) is 5.60 Å². The largest absolute Gasteiger partial charge is 0.461 e. The summed E-state index contributed by atoms with van der Waals surface area (Å²) in [5.41, 5.74) is 4.36. The fourth-order valence-corrected chi connectivity index (χ4v) is 8.26. The van der Waals surface area contributed by atoms with E-state index < -0.39 is 74.1 Å². The molecule has 0 amide bonds. The number of esters is 3. The van der Waals surface area contributed by atoms with Crippen LogP contribution in [-0.4, -0.2) is 69.6 Å². The van der Waals surface area contributed by atoms with Crippen molar-refractivity contribution in [2.45, 2.75) is 103 Å². The first kappa shape index (κ1) is 40.6. The van der Waals surface area contributed by atoms with Crippen LogP contribution >= 0.6 is 7.75 Å². The Labute approximate surface area is 324 Å². The average molecular weight is 791 g/mol. The molecule has 2 aromatic heterocycles. The van der Waals surface area contributed by atoms with E-state index in [0.717, 1.165) is 37.5 Å². The van der Waals surface area contributed by atoms with Gasteiger partial charge in [0.15, 0.2) is 18.0 Å². The molecule has 6 rings (SSSR count). The number of hydrogen-bond acceptors (Lipinski definition) is 14. The highest BCUT2D eigenvalue weighted by atomic mass is 31.2. The van der Waals surface area contributed by atoms with Gasteiger partial charge in [-0.1, -0.05) is 70.5 Å². The Morgan fingerprint density at radius 1 is 0.964 bits per heavy atom. The van der Waals surface area contributed by atoms with E-state index in [-0.39, 0.29) is 23.4 Å². The zero-order chi connectivity index (χ0) is 40.2. The predicted molar refractivity (Wildman–Crippen MR) is 203 cm³/mol. The topological polar surface area (TPSA) is 216 Å². The van der Waals surface area contributed by atoms with Crippen molar-refractivity contribution in [3.05, 3.63) is 66.6 Å². The quantitative estimate of drug-likeness (QED) is 0.0880. The number of hydrogen-bond donors (Lipinski definition) is 2. The molecular weight excluding hydrogens is 743 g/mol. The number of aromatic nitrogens is 3. The molecule has 1 saturated heterocycles. The summed E-state index contributed by atoms with van der Waals surface area (Å²) in [6, 6.07) is 16.5. The zero-order valence-corrected chi connectivity index (χ0v) is 32.8. The van der Waals surface area contributed by atoms with Crippen molar-refractivity contribution in [3.8, 4) is 11.8 Å². The Bertz CT molecular complexity index is 2160. The molecule has 2 fully saturated rings. The summed E-state index contributed by atoms with van der Waals surface area (Å²) in [4.78, 5) is 43.9. The summed E-state index contributed by atoms with van der Waals surface area (Å²) in [5.74, 6) is -3.06. The number of anilines is 1. The molecule has 0 radical (unpaired) electrons. The lowest BCUT2D eigenvalue weighted by Crippen LogP contribution is -2.47. The Kier molecular flexibility index (Phi) is 12.3. The smallest absolute Gasteiger partial charge is 0.459 e. The maximum atomic E-state index is 14.9. The highest BCUT2D eigenvalue weighted by Crippen LogP contribution is 2.50. The summed E-state index contributed by atoms with van der Waals surface area (Å²) in [7, 11) is -4.56. The van der Waals surface area contributed by atoms with Crippen LogP contribution in [0.15, 0.2) is 60.9 Å². The van der Waals surface area contributed by atoms with Gasteiger partial charge in [0, 0.05) is 5.39 Å². The van der Waals surface area contributed by atoms with Gasteiger partial charge in [0.05, 0.1) is 24.1 Å². The monoisotopic (exact) mass is 790 g/mol. The van der Waals surface area contributed by atoms with Gasteiger partial charge >= 0.3 is 25.7 Å². The number of nitrogens with zero attached hydrogens (tertiary/aromatic N) is 4. The third kappa shape index (κ3) is 8.51. The third-order valence-electron chi connectivity index (χ3n) is 9.79.